The molecule has 0 aliphatic rings. The fourth-order valence-corrected chi connectivity index (χ4v) is 4.68. The first-order valence-corrected chi connectivity index (χ1v) is 11.1. The quantitative estimate of drug-likeness (QED) is 0.577. The number of hydrogen-bond donors (Lipinski definition) is 2. The molecule has 0 radical (unpaired) electrons. The number of carbonyl (C=O) groups is 1. The molecule has 6 nitrogen and oxygen atoms in total. The Labute approximate surface area is 173 Å². The van der Waals surface area contributed by atoms with Crippen LogP contribution in [-0.2, 0) is 16.4 Å². The summed E-state index contributed by atoms with van der Waals surface area (Å²) in [6.07, 6.45) is -0.564. The maximum atomic E-state index is 13.2. The number of ketones is 1. The molecule has 0 saturated heterocycles. The summed E-state index contributed by atoms with van der Waals surface area (Å²) in [7, 11) is -3.83. The second-order valence-electron chi connectivity index (χ2n) is 7.72. The van der Waals surface area contributed by atoms with Gasteiger partial charge < -0.3 is 10.8 Å². The van der Waals surface area contributed by atoms with Crippen molar-refractivity contribution in [3.8, 4) is 0 Å². The molecule has 2 aromatic carbocycles. The van der Waals surface area contributed by atoms with E-state index in [0.717, 1.165) is 5.56 Å². The van der Waals surface area contributed by atoms with Crippen molar-refractivity contribution in [1.82, 2.24) is 4.31 Å². The van der Waals surface area contributed by atoms with Crippen molar-refractivity contribution in [3.05, 3.63) is 65.7 Å². The Balaban J connectivity index is 2.19. The van der Waals surface area contributed by atoms with Gasteiger partial charge in [-0.25, -0.2) is 8.42 Å². The van der Waals surface area contributed by atoms with Gasteiger partial charge in [0.1, 0.15) is 0 Å². The van der Waals surface area contributed by atoms with Crippen LogP contribution in [0.5, 0.6) is 0 Å². The average Bonchev–Trinajstić information content (AvgIpc) is 2.67. The molecule has 158 valence electrons. The molecule has 2 aromatic rings. The molecule has 0 aromatic heterocycles. The van der Waals surface area contributed by atoms with Gasteiger partial charge in [-0.05, 0) is 37.0 Å². The van der Waals surface area contributed by atoms with E-state index in [4.69, 9.17) is 5.73 Å². The lowest BCUT2D eigenvalue weighted by molar-refractivity contribution is 0.101. The van der Waals surface area contributed by atoms with Crippen LogP contribution in [-0.4, -0.2) is 48.8 Å². The first-order valence-electron chi connectivity index (χ1n) is 9.70. The predicted octanol–water partition coefficient (Wildman–Crippen LogP) is 2.47. The summed E-state index contributed by atoms with van der Waals surface area (Å²) >= 11 is 0. The molecule has 0 spiro atoms. The van der Waals surface area contributed by atoms with Crippen molar-refractivity contribution in [2.24, 2.45) is 11.7 Å². The Morgan fingerprint density at radius 2 is 1.62 bits per heavy atom. The van der Waals surface area contributed by atoms with Crippen LogP contribution in [0.1, 0.15) is 36.7 Å². The molecule has 0 heterocycles. The van der Waals surface area contributed by atoms with Gasteiger partial charge in [0, 0.05) is 24.7 Å². The molecule has 0 fully saturated rings. The van der Waals surface area contributed by atoms with E-state index in [-0.39, 0.29) is 29.7 Å². The van der Waals surface area contributed by atoms with Crippen molar-refractivity contribution in [2.45, 2.75) is 44.2 Å². The fourth-order valence-electron chi connectivity index (χ4n) is 3.06. The van der Waals surface area contributed by atoms with Crippen LogP contribution < -0.4 is 5.73 Å². The van der Waals surface area contributed by atoms with E-state index in [9.17, 15) is 18.3 Å². The van der Waals surface area contributed by atoms with Gasteiger partial charge in [0.2, 0.25) is 10.0 Å². The lowest BCUT2D eigenvalue weighted by Gasteiger charge is -2.28. The van der Waals surface area contributed by atoms with Gasteiger partial charge >= 0.3 is 0 Å². The van der Waals surface area contributed by atoms with Gasteiger partial charge in [-0.2, -0.15) is 4.31 Å². The van der Waals surface area contributed by atoms with E-state index in [0.29, 0.717) is 12.0 Å². The molecule has 0 bridgehead atoms. The lowest BCUT2D eigenvalue weighted by atomic mass is 10.0. The smallest absolute Gasteiger partial charge is 0.243 e. The van der Waals surface area contributed by atoms with Gasteiger partial charge in [-0.3, -0.25) is 4.79 Å². The largest absolute Gasteiger partial charge is 0.390 e. The summed E-state index contributed by atoms with van der Waals surface area (Å²) in [4.78, 5) is 11.5. The van der Waals surface area contributed by atoms with Crippen LogP contribution >= 0.6 is 0 Å². The number of Topliss-reactive ketones (excluding diaryl/α,β-unsaturated/α-hetero) is 1. The first kappa shape index (κ1) is 23.2. The zero-order chi connectivity index (χ0) is 21.6. The Hall–Kier alpha value is -2.06. The lowest BCUT2D eigenvalue weighted by Crippen LogP contribution is -2.47. The highest BCUT2D eigenvalue weighted by Gasteiger charge is 2.29. The van der Waals surface area contributed by atoms with Crippen LogP contribution in [0, 0.1) is 5.92 Å². The van der Waals surface area contributed by atoms with E-state index in [2.05, 4.69) is 0 Å². The van der Waals surface area contributed by atoms with Crippen molar-refractivity contribution < 1.29 is 18.3 Å². The Bertz CT molecular complexity index is 896. The number of aliphatic hydroxyl groups is 1. The number of benzene rings is 2. The SMILES string of the molecule is CC(=O)c1ccc(S(=O)(=O)N(CC(C)C)C[C@@H](O)[C@@H](N)Cc2ccccc2)cc1. The first-order chi connectivity index (χ1) is 13.6. The Morgan fingerprint density at radius 3 is 2.14 bits per heavy atom. The third-order valence-corrected chi connectivity index (χ3v) is 6.51. The number of carbonyl (C=O) groups excluding carboxylic acids is 1. The molecule has 2 atom stereocenters. The van der Waals surface area contributed by atoms with Gasteiger partial charge in [-0.1, -0.05) is 56.3 Å². The van der Waals surface area contributed by atoms with E-state index < -0.39 is 22.2 Å². The second kappa shape index (κ2) is 10.1. The number of nitrogens with two attached hydrogens (primary N) is 1. The maximum Gasteiger partial charge on any atom is 0.243 e. The van der Waals surface area contributed by atoms with E-state index >= 15 is 0 Å². The summed E-state index contributed by atoms with van der Waals surface area (Å²) in [5.74, 6) is -0.0610. The Kier molecular flexibility index (Phi) is 8.10. The van der Waals surface area contributed by atoms with Gasteiger partial charge in [0.15, 0.2) is 5.78 Å². The molecule has 0 unspecified atom stereocenters. The molecule has 7 heteroatoms. The molecule has 0 aliphatic carbocycles. The second-order valence-corrected chi connectivity index (χ2v) is 9.66. The van der Waals surface area contributed by atoms with Gasteiger partial charge in [0.05, 0.1) is 11.0 Å². The fraction of sp³-hybridized carbons (Fsp3) is 0.409. The summed E-state index contributed by atoms with van der Waals surface area (Å²) < 4.78 is 27.6. The van der Waals surface area contributed by atoms with Crippen molar-refractivity contribution in [2.75, 3.05) is 13.1 Å². The molecular formula is C22H30N2O4S. The highest BCUT2D eigenvalue weighted by molar-refractivity contribution is 7.89. The van der Waals surface area contributed by atoms with E-state index in [1.165, 1.54) is 35.5 Å². The standard InChI is InChI=1S/C22H30N2O4S/c1-16(2)14-24(15-22(26)21(23)13-18-7-5-4-6-8-18)29(27,28)20-11-9-19(10-12-20)17(3)25/h4-12,16,21-22,26H,13-15,23H2,1-3H3/t21-,22+/m0/s1. The maximum absolute atomic E-state index is 13.2. The van der Waals surface area contributed by atoms with E-state index in [1.54, 1.807) is 0 Å². The minimum Gasteiger partial charge on any atom is -0.390 e. The highest BCUT2D eigenvalue weighted by Crippen LogP contribution is 2.19. The van der Waals surface area contributed by atoms with Gasteiger partial charge in [0.25, 0.3) is 0 Å². The van der Waals surface area contributed by atoms with Crippen LogP contribution in [0.15, 0.2) is 59.5 Å². The zero-order valence-corrected chi connectivity index (χ0v) is 18.0. The number of hydrogen-bond acceptors (Lipinski definition) is 5. The third kappa shape index (κ3) is 6.47. The van der Waals surface area contributed by atoms with Crippen LogP contribution in [0.2, 0.25) is 0 Å². The molecule has 29 heavy (non-hydrogen) atoms. The predicted molar refractivity (Wildman–Crippen MR) is 114 cm³/mol. The van der Waals surface area contributed by atoms with Gasteiger partial charge in [-0.15, -0.1) is 0 Å². The van der Waals surface area contributed by atoms with Crippen LogP contribution in [0.4, 0.5) is 0 Å². The highest BCUT2D eigenvalue weighted by atomic mass is 32.2. The van der Waals surface area contributed by atoms with E-state index in [1.807, 2.05) is 44.2 Å². The van der Waals surface area contributed by atoms with Crippen LogP contribution in [0.25, 0.3) is 0 Å². The molecule has 3 N–H and O–H groups in total. The number of aliphatic hydroxyl groups excluding tert-OH is 1. The summed E-state index contributed by atoms with van der Waals surface area (Å²) in [6, 6.07) is 14.8. The monoisotopic (exact) mass is 418 g/mol. The molecule has 0 aliphatic heterocycles. The minimum absolute atomic E-state index is 0.0683. The zero-order valence-electron chi connectivity index (χ0n) is 17.2. The van der Waals surface area contributed by atoms with Crippen molar-refractivity contribution >= 4 is 15.8 Å². The molecule has 0 amide bonds. The van der Waals surface area contributed by atoms with Crippen molar-refractivity contribution in [1.29, 1.82) is 0 Å². The summed E-state index contributed by atoms with van der Waals surface area (Å²) in [6.45, 7) is 5.42. The minimum atomic E-state index is -3.83. The molecule has 0 saturated carbocycles. The van der Waals surface area contributed by atoms with Crippen molar-refractivity contribution in [3.63, 3.8) is 0 Å². The Morgan fingerprint density at radius 1 is 1.03 bits per heavy atom. The summed E-state index contributed by atoms with van der Waals surface area (Å²) in [5.41, 5.74) is 7.59. The molecule has 2 rings (SSSR count). The summed E-state index contributed by atoms with van der Waals surface area (Å²) in [5, 5.41) is 10.6. The molecular weight excluding hydrogens is 388 g/mol. The third-order valence-electron chi connectivity index (χ3n) is 4.67. The van der Waals surface area contributed by atoms with Crippen LogP contribution in [0.3, 0.4) is 0 Å². The number of nitrogens with zero attached hydrogens (tertiary/aromatic N) is 1. The normalized spacial score (nSPS) is 14.2. The topological polar surface area (TPSA) is 101 Å². The number of rotatable bonds is 10. The average molecular weight is 419 g/mol. The number of sulfonamides is 1.